The molecule has 0 aliphatic heterocycles. The Morgan fingerprint density at radius 2 is 1.72 bits per heavy atom. The highest BCUT2D eigenvalue weighted by molar-refractivity contribution is 6.33. The standard InChI is InChI=1S/C27H29ClFNO2/c1-16-13-19-20(27(4,5)12-11-26(19,2)3)15-17(16)14-18-9-10-23(32-18)25(31)30-24-21(28)7-6-8-22(24)29/h6-10,13,15H,11-12,14H2,1-5H3,(H,30,31). The zero-order valence-corrected chi connectivity index (χ0v) is 20.0. The first-order valence-electron chi connectivity index (χ1n) is 11.0. The number of fused-ring (bicyclic) bond motifs is 1. The molecule has 2 aromatic carbocycles. The molecule has 5 heteroatoms. The molecule has 0 saturated carbocycles. The fraction of sp³-hybridized carbons (Fsp3) is 0.370. The van der Waals surface area contributed by atoms with E-state index < -0.39 is 11.7 Å². The van der Waals surface area contributed by atoms with Gasteiger partial charge >= 0.3 is 0 Å². The van der Waals surface area contributed by atoms with Crippen molar-refractivity contribution in [3.8, 4) is 0 Å². The predicted molar refractivity (Wildman–Crippen MR) is 127 cm³/mol. The molecule has 1 N–H and O–H groups in total. The average molecular weight is 454 g/mol. The first-order valence-corrected chi connectivity index (χ1v) is 11.3. The van der Waals surface area contributed by atoms with E-state index in [0.717, 1.165) is 6.42 Å². The number of carbonyl (C=O) groups is 1. The molecule has 3 aromatic rings. The van der Waals surface area contributed by atoms with Gasteiger partial charge in [0.15, 0.2) is 5.76 Å². The SMILES string of the molecule is Cc1cc2c(cc1Cc1ccc(C(=O)Nc3c(F)cccc3Cl)o1)C(C)(C)CCC2(C)C. The number of amides is 1. The summed E-state index contributed by atoms with van der Waals surface area (Å²) in [5, 5.41) is 2.64. The lowest BCUT2D eigenvalue weighted by molar-refractivity contribution is 0.0994. The van der Waals surface area contributed by atoms with Gasteiger partial charge in [-0.3, -0.25) is 4.79 Å². The molecule has 32 heavy (non-hydrogen) atoms. The maximum absolute atomic E-state index is 14.0. The molecule has 0 saturated heterocycles. The number of benzene rings is 2. The third-order valence-electron chi connectivity index (χ3n) is 6.76. The van der Waals surface area contributed by atoms with E-state index in [1.165, 1.54) is 46.9 Å². The molecule has 0 spiro atoms. The van der Waals surface area contributed by atoms with Gasteiger partial charge in [0.05, 0.1) is 10.7 Å². The Kier molecular flexibility index (Phi) is 5.70. The van der Waals surface area contributed by atoms with E-state index in [1.807, 2.05) is 0 Å². The lowest BCUT2D eigenvalue weighted by Crippen LogP contribution is -2.34. The zero-order chi connectivity index (χ0) is 23.3. The first-order chi connectivity index (χ1) is 15.0. The molecular weight excluding hydrogens is 425 g/mol. The van der Waals surface area contributed by atoms with E-state index >= 15 is 0 Å². The highest BCUT2D eigenvalue weighted by atomic mass is 35.5. The Balaban J connectivity index is 1.58. The van der Waals surface area contributed by atoms with Crippen LogP contribution in [0.1, 0.15) is 79.1 Å². The van der Waals surface area contributed by atoms with Crippen LogP contribution in [0.5, 0.6) is 0 Å². The fourth-order valence-electron chi connectivity index (χ4n) is 4.53. The molecule has 0 fully saturated rings. The Hall–Kier alpha value is -2.59. The molecule has 0 unspecified atom stereocenters. The number of hydrogen-bond acceptors (Lipinski definition) is 2. The van der Waals surface area contributed by atoms with Gasteiger partial charge in [-0.15, -0.1) is 0 Å². The van der Waals surface area contributed by atoms with Crippen molar-refractivity contribution in [3.63, 3.8) is 0 Å². The Morgan fingerprint density at radius 3 is 2.38 bits per heavy atom. The zero-order valence-electron chi connectivity index (χ0n) is 19.2. The summed E-state index contributed by atoms with van der Waals surface area (Å²) in [5.74, 6) is -0.316. The molecule has 0 atom stereocenters. The van der Waals surface area contributed by atoms with Gasteiger partial charge in [-0.25, -0.2) is 4.39 Å². The predicted octanol–water partition coefficient (Wildman–Crippen LogP) is 7.57. The topological polar surface area (TPSA) is 42.2 Å². The number of carbonyl (C=O) groups excluding carboxylic acids is 1. The van der Waals surface area contributed by atoms with Gasteiger partial charge in [0.25, 0.3) is 5.91 Å². The molecule has 4 rings (SSSR count). The van der Waals surface area contributed by atoms with Crippen molar-refractivity contribution in [2.45, 2.75) is 64.7 Å². The molecule has 1 heterocycles. The van der Waals surface area contributed by atoms with Crippen molar-refractivity contribution < 1.29 is 13.6 Å². The van der Waals surface area contributed by atoms with Crippen LogP contribution >= 0.6 is 11.6 Å². The van der Waals surface area contributed by atoms with Crippen LogP contribution < -0.4 is 5.32 Å². The summed E-state index contributed by atoms with van der Waals surface area (Å²) in [4.78, 5) is 12.6. The molecule has 0 bridgehead atoms. The minimum absolute atomic E-state index is 0.0486. The van der Waals surface area contributed by atoms with Gasteiger partial charge in [0.2, 0.25) is 0 Å². The Bertz CT molecular complexity index is 1170. The lowest BCUT2D eigenvalue weighted by Gasteiger charge is -2.42. The van der Waals surface area contributed by atoms with Crippen LogP contribution in [0, 0.1) is 12.7 Å². The number of rotatable bonds is 4. The molecule has 1 aromatic heterocycles. The number of nitrogens with one attached hydrogen (secondary N) is 1. The average Bonchev–Trinajstić information content (AvgIpc) is 3.18. The molecule has 1 aliphatic carbocycles. The third-order valence-corrected chi connectivity index (χ3v) is 7.08. The van der Waals surface area contributed by atoms with E-state index in [4.69, 9.17) is 16.0 Å². The van der Waals surface area contributed by atoms with E-state index in [0.29, 0.717) is 12.2 Å². The summed E-state index contributed by atoms with van der Waals surface area (Å²) >= 11 is 6.01. The number of aryl methyl sites for hydroxylation is 1. The smallest absolute Gasteiger partial charge is 0.291 e. The van der Waals surface area contributed by atoms with Crippen LogP contribution in [0.2, 0.25) is 5.02 Å². The summed E-state index contributed by atoms with van der Waals surface area (Å²) < 4.78 is 19.8. The monoisotopic (exact) mass is 453 g/mol. The van der Waals surface area contributed by atoms with Crippen molar-refractivity contribution in [2.24, 2.45) is 0 Å². The van der Waals surface area contributed by atoms with Crippen LogP contribution in [0.15, 0.2) is 46.9 Å². The summed E-state index contributed by atoms with van der Waals surface area (Å²) in [6.07, 6.45) is 2.91. The van der Waals surface area contributed by atoms with E-state index in [9.17, 15) is 9.18 Å². The van der Waals surface area contributed by atoms with Gasteiger partial charge < -0.3 is 9.73 Å². The van der Waals surface area contributed by atoms with Crippen molar-refractivity contribution in [2.75, 3.05) is 5.32 Å². The first kappa shape index (κ1) is 22.6. The molecule has 1 aliphatic rings. The second-order valence-corrected chi connectivity index (χ2v) is 10.5. The van der Waals surface area contributed by atoms with Crippen LogP contribution in [0.3, 0.4) is 0 Å². The van der Waals surface area contributed by atoms with Crippen LogP contribution in [0.4, 0.5) is 10.1 Å². The van der Waals surface area contributed by atoms with Crippen LogP contribution in [-0.2, 0) is 17.3 Å². The minimum Gasteiger partial charge on any atom is -0.456 e. The summed E-state index contributed by atoms with van der Waals surface area (Å²) in [6.45, 7) is 11.4. The van der Waals surface area contributed by atoms with Crippen molar-refractivity contribution in [3.05, 3.63) is 87.1 Å². The van der Waals surface area contributed by atoms with Gasteiger partial charge in [-0.05, 0) is 77.1 Å². The van der Waals surface area contributed by atoms with Gasteiger partial charge in [-0.2, -0.15) is 0 Å². The highest BCUT2D eigenvalue weighted by Gasteiger charge is 2.37. The Morgan fingerprint density at radius 1 is 1.06 bits per heavy atom. The molecule has 3 nitrogen and oxygen atoms in total. The maximum Gasteiger partial charge on any atom is 0.291 e. The maximum atomic E-state index is 14.0. The number of furan rings is 1. The third kappa shape index (κ3) is 4.21. The van der Waals surface area contributed by atoms with Crippen molar-refractivity contribution >= 4 is 23.2 Å². The van der Waals surface area contributed by atoms with E-state index in [2.05, 4.69) is 52.1 Å². The second kappa shape index (κ2) is 8.08. The largest absolute Gasteiger partial charge is 0.456 e. The van der Waals surface area contributed by atoms with Gasteiger partial charge in [0, 0.05) is 6.42 Å². The van der Waals surface area contributed by atoms with Gasteiger partial charge in [-0.1, -0.05) is 57.5 Å². The number of halogens is 2. The van der Waals surface area contributed by atoms with Crippen molar-refractivity contribution in [1.82, 2.24) is 0 Å². The Labute approximate surface area is 194 Å². The number of para-hydroxylation sites is 1. The second-order valence-electron chi connectivity index (χ2n) is 10.1. The van der Waals surface area contributed by atoms with Crippen LogP contribution in [-0.4, -0.2) is 5.91 Å². The van der Waals surface area contributed by atoms with E-state index in [1.54, 1.807) is 12.1 Å². The van der Waals surface area contributed by atoms with Gasteiger partial charge in [0.1, 0.15) is 11.6 Å². The van der Waals surface area contributed by atoms with Crippen LogP contribution in [0.25, 0.3) is 0 Å². The molecular formula is C27H29ClFNO2. The normalized spacial score (nSPS) is 16.5. The molecule has 168 valence electrons. The lowest BCUT2D eigenvalue weighted by atomic mass is 9.62. The number of hydrogen-bond donors (Lipinski definition) is 1. The quantitative estimate of drug-likeness (QED) is 0.442. The minimum atomic E-state index is -0.590. The molecule has 1 amide bonds. The number of anilines is 1. The van der Waals surface area contributed by atoms with Crippen molar-refractivity contribution in [1.29, 1.82) is 0 Å². The van der Waals surface area contributed by atoms with E-state index in [-0.39, 0.29) is 27.3 Å². The fourth-order valence-corrected chi connectivity index (χ4v) is 4.74. The summed E-state index contributed by atoms with van der Waals surface area (Å²) in [5.41, 5.74) is 5.47. The molecule has 0 radical (unpaired) electrons. The summed E-state index contributed by atoms with van der Waals surface area (Å²) in [7, 11) is 0. The summed E-state index contributed by atoms with van der Waals surface area (Å²) in [6, 6.07) is 12.3. The highest BCUT2D eigenvalue weighted by Crippen LogP contribution is 2.46.